The van der Waals surface area contributed by atoms with E-state index in [9.17, 15) is 0 Å². The predicted molar refractivity (Wildman–Crippen MR) is 69.2 cm³/mol. The van der Waals surface area contributed by atoms with Gasteiger partial charge in [0.05, 0.1) is 0 Å². The van der Waals surface area contributed by atoms with Gasteiger partial charge in [0.15, 0.2) is 0 Å². The molecule has 2 fully saturated rings. The van der Waals surface area contributed by atoms with Crippen molar-refractivity contribution in [2.75, 3.05) is 13.1 Å². The van der Waals surface area contributed by atoms with E-state index in [1.807, 2.05) is 0 Å². The van der Waals surface area contributed by atoms with E-state index in [2.05, 4.69) is 19.2 Å². The average Bonchev–Trinajstić information content (AvgIpc) is 3.16. The molecule has 2 aliphatic rings. The molecule has 2 atom stereocenters. The van der Waals surface area contributed by atoms with E-state index in [4.69, 9.17) is 5.73 Å². The highest BCUT2D eigenvalue weighted by molar-refractivity contribution is 4.93. The van der Waals surface area contributed by atoms with E-state index in [1.165, 1.54) is 38.6 Å². The fraction of sp³-hybridized carbons (Fsp3) is 1.00. The first-order chi connectivity index (χ1) is 7.76. The maximum absolute atomic E-state index is 5.86. The number of rotatable bonds is 8. The van der Waals surface area contributed by atoms with Crippen LogP contribution in [0.25, 0.3) is 0 Å². The topological polar surface area (TPSA) is 38.0 Å². The second-order valence-corrected chi connectivity index (χ2v) is 5.97. The van der Waals surface area contributed by atoms with Gasteiger partial charge in [-0.1, -0.05) is 20.3 Å². The highest BCUT2D eigenvalue weighted by Crippen LogP contribution is 2.48. The Bertz CT molecular complexity index is 197. The summed E-state index contributed by atoms with van der Waals surface area (Å²) in [7, 11) is 0. The summed E-state index contributed by atoms with van der Waals surface area (Å²) in [5.41, 5.74) is 5.86. The van der Waals surface area contributed by atoms with Crippen molar-refractivity contribution in [3.8, 4) is 0 Å². The minimum atomic E-state index is 0.532. The molecule has 3 N–H and O–H groups in total. The van der Waals surface area contributed by atoms with Crippen molar-refractivity contribution >= 4 is 0 Å². The molecule has 16 heavy (non-hydrogen) atoms. The number of nitrogens with one attached hydrogen (secondary N) is 1. The van der Waals surface area contributed by atoms with Gasteiger partial charge in [-0.3, -0.25) is 0 Å². The van der Waals surface area contributed by atoms with E-state index >= 15 is 0 Å². The maximum Gasteiger partial charge on any atom is 0.0215 e. The van der Waals surface area contributed by atoms with Crippen LogP contribution >= 0.6 is 0 Å². The standard InChI is InChI=1S/C14H28N2/c1-3-10(2)14(8-15)16-9-13(11-4-5-11)12-6-7-12/h10-14,16H,3-9,15H2,1-2H3. The summed E-state index contributed by atoms with van der Waals surface area (Å²) in [5.74, 6) is 3.79. The predicted octanol–water partition coefficient (Wildman–Crippen LogP) is 2.39. The van der Waals surface area contributed by atoms with E-state index in [1.54, 1.807) is 0 Å². The molecule has 0 bridgehead atoms. The molecule has 0 aliphatic heterocycles. The second-order valence-electron chi connectivity index (χ2n) is 5.97. The molecule has 2 unspecified atom stereocenters. The van der Waals surface area contributed by atoms with Gasteiger partial charge in [-0.15, -0.1) is 0 Å². The van der Waals surface area contributed by atoms with Crippen LogP contribution in [0.5, 0.6) is 0 Å². The summed E-state index contributed by atoms with van der Waals surface area (Å²) in [6.07, 6.45) is 7.17. The van der Waals surface area contributed by atoms with E-state index < -0.39 is 0 Å². The first kappa shape index (κ1) is 12.4. The Morgan fingerprint density at radius 3 is 2.12 bits per heavy atom. The van der Waals surface area contributed by atoms with Crippen molar-refractivity contribution in [2.45, 2.75) is 52.0 Å². The van der Waals surface area contributed by atoms with Crippen molar-refractivity contribution in [1.29, 1.82) is 0 Å². The summed E-state index contributed by atoms with van der Waals surface area (Å²) in [5, 5.41) is 3.74. The van der Waals surface area contributed by atoms with E-state index in [-0.39, 0.29) is 0 Å². The molecule has 94 valence electrons. The van der Waals surface area contributed by atoms with Crippen molar-refractivity contribution in [3.63, 3.8) is 0 Å². The van der Waals surface area contributed by atoms with Crippen LogP contribution in [0.4, 0.5) is 0 Å². The molecule has 2 saturated carbocycles. The lowest BCUT2D eigenvalue weighted by Crippen LogP contribution is -2.43. The fourth-order valence-electron chi connectivity index (χ4n) is 2.86. The normalized spacial score (nSPS) is 24.8. The van der Waals surface area contributed by atoms with Gasteiger partial charge >= 0.3 is 0 Å². The third kappa shape index (κ3) is 3.21. The highest BCUT2D eigenvalue weighted by Gasteiger charge is 2.41. The van der Waals surface area contributed by atoms with Crippen LogP contribution in [0, 0.1) is 23.7 Å². The van der Waals surface area contributed by atoms with Gasteiger partial charge < -0.3 is 11.1 Å². The van der Waals surface area contributed by atoms with Gasteiger partial charge in [0.25, 0.3) is 0 Å². The lowest BCUT2D eigenvalue weighted by Gasteiger charge is -2.26. The molecule has 2 nitrogen and oxygen atoms in total. The first-order valence-corrected chi connectivity index (χ1v) is 7.19. The molecule has 0 aromatic rings. The molecular formula is C14H28N2. The summed E-state index contributed by atoms with van der Waals surface area (Å²) >= 11 is 0. The molecule has 2 rings (SSSR count). The van der Waals surface area contributed by atoms with Gasteiger partial charge in [-0.25, -0.2) is 0 Å². The molecule has 0 amide bonds. The third-order valence-corrected chi connectivity index (χ3v) is 4.66. The molecule has 0 spiro atoms. The minimum Gasteiger partial charge on any atom is -0.329 e. The molecule has 0 aromatic carbocycles. The van der Waals surface area contributed by atoms with Crippen molar-refractivity contribution in [2.24, 2.45) is 29.4 Å². The van der Waals surface area contributed by atoms with Gasteiger partial charge in [-0.05, 0) is 55.9 Å². The molecule has 2 aliphatic carbocycles. The number of hydrogen-bond donors (Lipinski definition) is 2. The zero-order valence-corrected chi connectivity index (χ0v) is 10.9. The van der Waals surface area contributed by atoms with Gasteiger partial charge in [0, 0.05) is 12.6 Å². The Kier molecular flexibility index (Phi) is 4.26. The van der Waals surface area contributed by atoms with Crippen molar-refractivity contribution < 1.29 is 0 Å². The SMILES string of the molecule is CCC(C)C(CN)NCC(C1CC1)C1CC1. The van der Waals surface area contributed by atoms with Crippen LogP contribution in [0.3, 0.4) is 0 Å². The molecule has 0 radical (unpaired) electrons. The van der Waals surface area contributed by atoms with Crippen LogP contribution in [0.15, 0.2) is 0 Å². The maximum atomic E-state index is 5.86. The van der Waals surface area contributed by atoms with Crippen molar-refractivity contribution in [3.05, 3.63) is 0 Å². The second kappa shape index (κ2) is 5.50. The Morgan fingerprint density at radius 1 is 1.19 bits per heavy atom. The van der Waals surface area contributed by atoms with E-state index in [0.29, 0.717) is 12.0 Å². The summed E-state index contributed by atoms with van der Waals surface area (Å²) in [6, 6.07) is 0.532. The third-order valence-electron chi connectivity index (χ3n) is 4.66. The van der Waals surface area contributed by atoms with Gasteiger partial charge in [0.2, 0.25) is 0 Å². The fourth-order valence-corrected chi connectivity index (χ4v) is 2.86. The Morgan fingerprint density at radius 2 is 1.75 bits per heavy atom. The zero-order chi connectivity index (χ0) is 11.5. The van der Waals surface area contributed by atoms with Crippen LogP contribution in [0.2, 0.25) is 0 Å². The Hall–Kier alpha value is -0.0800. The zero-order valence-electron chi connectivity index (χ0n) is 10.9. The van der Waals surface area contributed by atoms with Crippen LogP contribution < -0.4 is 11.1 Å². The monoisotopic (exact) mass is 224 g/mol. The molecular weight excluding hydrogens is 196 g/mol. The number of hydrogen-bond acceptors (Lipinski definition) is 2. The minimum absolute atomic E-state index is 0.532. The highest BCUT2D eigenvalue weighted by atomic mass is 14.9. The summed E-state index contributed by atoms with van der Waals surface area (Å²) in [6.45, 7) is 6.58. The van der Waals surface area contributed by atoms with E-state index in [0.717, 1.165) is 24.3 Å². The Balaban J connectivity index is 1.74. The van der Waals surface area contributed by atoms with Crippen LogP contribution in [-0.4, -0.2) is 19.1 Å². The lowest BCUT2D eigenvalue weighted by atomic mass is 9.95. The molecule has 0 aromatic heterocycles. The van der Waals surface area contributed by atoms with Gasteiger partial charge in [0.1, 0.15) is 0 Å². The summed E-state index contributed by atoms with van der Waals surface area (Å²) in [4.78, 5) is 0. The lowest BCUT2D eigenvalue weighted by molar-refractivity contribution is 0.311. The number of nitrogens with two attached hydrogens (primary N) is 1. The molecule has 0 saturated heterocycles. The summed E-state index contributed by atoms with van der Waals surface area (Å²) < 4.78 is 0. The largest absolute Gasteiger partial charge is 0.329 e. The van der Waals surface area contributed by atoms with Crippen LogP contribution in [-0.2, 0) is 0 Å². The smallest absolute Gasteiger partial charge is 0.0215 e. The average molecular weight is 224 g/mol. The molecule has 0 heterocycles. The Labute approximate surface area is 100 Å². The quantitative estimate of drug-likeness (QED) is 0.664. The molecule has 2 heteroatoms. The van der Waals surface area contributed by atoms with Crippen molar-refractivity contribution in [1.82, 2.24) is 5.32 Å². The first-order valence-electron chi connectivity index (χ1n) is 7.19. The van der Waals surface area contributed by atoms with Crippen LogP contribution in [0.1, 0.15) is 46.0 Å². The van der Waals surface area contributed by atoms with Gasteiger partial charge in [-0.2, -0.15) is 0 Å².